The molecule has 0 unspecified atom stereocenters. The second-order valence-corrected chi connectivity index (χ2v) is 4.69. The van der Waals surface area contributed by atoms with E-state index in [4.69, 9.17) is 0 Å². The minimum absolute atomic E-state index is 0.242. The van der Waals surface area contributed by atoms with Crippen LogP contribution in [-0.2, 0) is 0 Å². The monoisotopic (exact) mass is 283 g/mol. The van der Waals surface area contributed by atoms with Crippen molar-refractivity contribution >= 4 is 40.6 Å². The average Bonchev–Trinajstić information content (AvgIpc) is 2.97. The van der Waals surface area contributed by atoms with E-state index < -0.39 is 5.97 Å². The van der Waals surface area contributed by atoms with Gasteiger partial charge in [0, 0.05) is 10.8 Å². The number of aromatic nitrogens is 3. The molecule has 0 aliphatic carbocycles. The molecule has 1 N–H and O–H groups in total. The second kappa shape index (κ2) is 5.18. The molecule has 0 atom stereocenters. The highest BCUT2D eigenvalue weighted by molar-refractivity contribution is 7.03. The Morgan fingerprint density at radius 3 is 2.75 bits per heavy atom. The summed E-state index contributed by atoms with van der Waals surface area (Å²) >= 11 is 1.26. The lowest BCUT2D eigenvalue weighted by molar-refractivity contribution is 0.0699. The van der Waals surface area contributed by atoms with Crippen molar-refractivity contribution in [2.45, 2.75) is 0 Å². The van der Waals surface area contributed by atoms with Gasteiger partial charge >= 0.3 is 5.97 Å². The molecule has 0 bridgehead atoms. The van der Waals surface area contributed by atoms with Crippen LogP contribution in [0.3, 0.4) is 0 Å². The largest absolute Gasteiger partial charge is 0.478 e. The van der Waals surface area contributed by atoms with Crippen LogP contribution in [0.15, 0.2) is 35.7 Å². The first kappa shape index (κ1) is 12.4. The number of nitrogens with zero attached hydrogens (tertiary/aromatic N) is 3. The van der Waals surface area contributed by atoms with Crippen LogP contribution in [0.2, 0.25) is 0 Å². The number of benzene rings is 1. The second-order valence-electron chi connectivity index (χ2n) is 4.08. The van der Waals surface area contributed by atoms with Gasteiger partial charge in [0.25, 0.3) is 0 Å². The molecule has 0 spiro atoms. The van der Waals surface area contributed by atoms with Crippen LogP contribution >= 0.6 is 11.5 Å². The topological polar surface area (TPSA) is 76.0 Å². The number of hydrogen-bond donors (Lipinski definition) is 1. The van der Waals surface area contributed by atoms with Crippen molar-refractivity contribution in [1.82, 2.24) is 14.6 Å². The molecular weight excluding hydrogens is 274 g/mol. The third-order valence-electron chi connectivity index (χ3n) is 2.77. The normalized spacial score (nSPS) is 11.2. The van der Waals surface area contributed by atoms with Crippen molar-refractivity contribution in [3.8, 4) is 0 Å². The Hall–Kier alpha value is -2.60. The summed E-state index contributed by atoms with van der Waals surface area (Å²) in [7, 11) is 0. The van der Waals surface area contributed by atoms with Crippen LogP contribution in [0.5, 0.6) is 0 Å². The Labute approximate surface area is 118 Å². The summed E-state index contributed by atoms with van der Waals surface area (Å²) in [5.41, 5.74) is 2.20. The number of rotatable bonds is 3. The Kier molecular flexibility index (Phi) is 3.22. The molecule has 5 nitrogen and oxygen atoms in total. The first-order valence-corrected chi connectivity index (χ1v) is 6.66. The molecule has 2 aromatic heterocycles. The van der Waals surface area contributed by atoms with Crippen LogP contribution in [0.4, 0.5) is 0 Å². The number of aromatic carboxylic acids is 1. The molecule has 0 fully saturated rings. The van der Waals surface area contributed by atoms with Gasteiger partial charge < -0.3 is 5.11 Å². The van der Waals surface area contributed by atoms with Gasteiger partial charge in [-0.25, -0.2) is 9.78 Å². The van der Waals surface area contributed by atoms with Crippen molar-refractivity contribution in [2.24, 2.45) is 0 Å². The highest BCUT2D eigenvalue weighted by atomic mass is 32.1. The summed E-state index contributed by atoms with van der Waals surface area (Å²) in [5, 5.41) is 15.6. The van der Waals surface area contributed by atoms with Gasteiger partial charge in [0.15, 0.2) is 0 Å². The lowest BCUT2D eigenvalue weighted by Crippen LogP contribution is -2.00. The van der Waals surface area contributed by atoms with Gasteiger partial charge in [0.2, 0.25) is 0 Å². The Bertz CT molecular complexity index is 797. The highest BCUT2D eigenvalue weighted by Gasteiger charge is 2.10. The fourth-order valence-corrected chi connectivity index (χ4v) is 2.30. The fraction of sp³-hybridized carbons (Fsp3) is 0. The van der Waals surface area contributed by atoms with Gasteiger partial charge in [-0.3, -0.25) is 0 Å². The highest BCUT2D eigenvalue weighted by Crippen LogP contribution is 2.19. The zero-order valence-electron chi connectivity index (χ0n) is 10.2. The van der Waals surface area contributed by atoms with Crippen LogP contribution in [0.1, 0.15) is 21.7 Å². The van der Waals surface area contributed by atoms with E-state index in [2.05, 4.69) is 14.6 Å². The summed E-state index contributed by atoms with van der Waals surface area (Å²) in [4.78, 5) is 15.8. The van der Waals surface area contributed by atoms with E-state index >= 15 is 0 Å². The van der Waals surface area contributed by atoms with Crippen LogP contribution in [-0.4, -0.2) is 25.6 Å². The number of carboxylic acid groups (broad SMARTS) is 1. The molecule has 3 aromatic rings. The number of carbonyl (C=O) groups is 1. The zero-order chi connectivity index (χ0) is 13.9. The first-order chi connectivity index (χ1) is 9.74. The molecule has 3 rings (SSSR count). The molecule has 6 heteroatoms. The molecule has 0 amide bonds. The summed E-state index contributed by atoms with van der Waals surface area (Å²) in [6.45, 7) is 0. The van der Waals surface area contributed by atoms with Crippen molar-refractivity contribution in [1.29, 1.82) is 0 Å². The maximum Gasteiger partial charge on any atom is 0.336 e. The molecule has 2 heterocycles. The molecule has 0 aliphatic heterocycles. The van der Waals surface area contributed by atoms with E-state index in [-0.39, 0.29) is 5.56 Å². The molecular formula is C14H9N3O2S. The molecule has 0 aliphatic rings. The van der Waals surface area contributed by atoms with Gasteiger partial charge in [-0.05, 0) is 35.8 Å². The quantitative estimate of drug-likeness (QED) is 0.799. The van der Waals surface area contributed by atoms with Crippen molar-refractivity contribution in [3.05, 3.63) is 52.7 Å². The van der Waals surface area contributed by atoms with Crippen LogP contribution in [0.25, 0.3) is 23.1 Å². The number of para-hydroxylation sites is 1. The fourth-order valence-electron chi connectivity index (χ4n) is 1.87. The average molecular weight is 283 g/mol. The van der Waals surface area contributed by atoms with Crippen LogP contribution in [0, 0.1) is 0 Å². The summed E-state index contributed by atoms with van der Waals surface area (Å²) in [6.07, 6.45) is 3.49. The Balaban J connectivity index is 2.10. The van der Waals surface area contributed by atoms with Gasteiger partial charge in [-0.2, -0.15) is 0 Å². The number of fused-ring (bicyclic) bond motifs is 1. The molecule has 0 saturated carbocycles. The first-order valence-electron chi connectivity index (χ1n) is 5.82. The minimum atomic E-state index is -0.964. The van der Waals surface area contributed by atoms with Gasteiger partial charge in [-0.15, -0.1) is 5.10 Å². The van der Waals surface area contributed by atoms with Gasteiger partial charge in [0.1, 0.15) is 0 Å². The molecule has 1 aromatic carbocycles. The van der Waals surface area contributed by atoms with E-state index in [1.807, 2.05) is 6.07 Å². The molecule has 98 valence electrons. The van der Waals surface area contributed by atoms with Gasteiger partial charge in [-0.1, -0.05) is 22.7 Å². The Morgan fingerprint density at radius 2 is 2.00 bits per heavy atom. The predicted octanol–water partition coefficient (Wildman–Crippen LogP) is 2.95. The van der Waals surface area contributed by atoms with E-state index in [9.17, 15) is 9.90 Å². The van der Waals surface area contributed by atoms with Crippen LogP contribution < -0.4 is 0 Å². The van der Waals surface area contributed by atoms with Crippen molar-refractivity contribution < 1.29 is 9.90 Å². The minimum Gasteiger partial charge on any atom is -0.478 e. The molecule has 0 radical (unpaired) electrons. The third kappa shape index (κ3) is 2.41. The lowest BCUT2D eigenvalue weighted by Gasteiger charge is -2.03. The van der Waals surface area contributed by atoms with E-state index in [1.165, 1.54) is 11.5 Å². The van der Waals surface area contributed by atoms with Crippen molar-refractivity contribution in [2.75, 3.05) is 0 Å². The number of pyridine rings is 1. The number of carboxylic acids is 1. The standard InChI is InChI=1S/C14H9N3O2S/c18-14(19)12-7-9(5-6-10-8-20-17-16-10)15-13-4-2-1-3-11(12)13/h1-8H,(H,18,19). The predicted molar refractivity (Wildman–Crippen MR) is 77.5 cm³/mol. The van der Waals surface area contributed by atoms with E-state index in [0.717, 1.165) is 5.69 Å². The maximum absolute atomic E-state index is 11.3. The maximum atomic E-state index is 11.3. The number of hydrogen-bond acceptors (Lipinski definition) is 5. The smallest absolute Gasteiger partial charge is 0.336 e. The van der Waals surface area contributed by atoms with E-state index in [0.29, 0.717) is 16.6 Å². The lowest BCUT2D eigenvalue weighted by atomic mass is 10.1. The SMILES string of the molecule is O=C(O)c1cc(C=Cc2csnn2)nc2ccccc12. The zero-order valence-corrected chi connectivity index (χ0v) is 11.0. The molecule has 20 heavy (non-hydrogen) atoms. The van der Waals surface area contributed by atoms with E-state index in [1.54, 1.807) is 41.8 Å². The summed E-state index contributed by atoms with van der Waals surface area (Å²) < 4.78 is 3.76. The molecule has 0 saturated heterocycles. The Morgan fingerprint density at radius 1 is 1.20 bits per heavy atom. The van der Waals surface area contributed by atoms with Gasteiger partial charge in [0.05, 0.1) is 22.5 Å². The summed E-state index contributed by atoms with van der Waals surface area (Å²) in [5.74, 6) is -0.964. The summed E-state index contributed by atoms with van der Waals surface area (Å²) in [6, 6.07) is 8.74. The third-order valence-corrected chi connectivity index (χ3v) is 3.29. The van der Waals surface area contributed by atoms with Crippen molar-refractivity contribution in [3.63, 3.8) is 0 Å².